The summed E-state index contributed by atoms with van der Waals surface area (Å²) in [7, 11) is 0. The zero-order chi connectivity index (χ0) is 16.4. The normalized spacial score (nSPS) is 55.7. The molecule has 0 aromatic heterocycles. The number of ketones is 1. The second-order valence-electron chi connectivity index (χ2n) is 9.84. The van der Waals surface area contributed by atoms with Crippen molar-refractivity contribution >= 4 is 5.78 Å². The summed E-state index contributed by atoms with van der Waals surface area (Å²) in [6.45, 7) is 6.61. The summed E-state index contributed by atoms with van der Waals surface area (Å²) >= 11 is 0. The van der Waals surface area contributed by atoms with Gasteiger partial charge in [-0.05, 0) is 86.4 Å². The van der Waals surface area contributed by atoms with E-state index >= 15 is 0 Å². The monoisotopic (exact) mass is 318 g/mol. The molecule has 2 heteroatoms. The van der Waals surface area contributed by atoms with Crippen LogP contribution in [0.3, 0.4) is 0 Å². The van der Waals surface area contributed by atoms with Gasteiger partial charge in [-0.2, -0.15) is 0 Å². The van der Waals surface area contributed by atoms with Crippen LogP contribution in [0.25, 0.3) is 0 Å². The molecule has 0 aromatic rings. The Hall–Kier alpha value is -0.370. The van der Waals surface area contributed by atoms with E-state index in [0.29, 0.717) is 11.3 Å². The summed E-state index contributed by atoms with van der Waals surface area (Å²) in [4.78, 5) is 12.2. The highest BCUT2D eigenvalue weighted by atomic mass is 16.3. The molecule has 0 unspecified atom stereocenters. The van der Waals surface area contributed by atoms with Crippen molar-refractivity contribution in [1.82, 2.24) is 0 Å². The SMILES string of the molecule is CC(=O)[C@H]1[C@H](O)C[C@H]2[C@@H]3CC[C@@H]4CCCC[C@]4(C)[C@H]3CC[C@@]21C. The third-order valence-corrected chi connectivity index (χ3v) is 9.05. The predicted octanol–water partition coefficient (Wildman–Crippen LogP) is 4.60. The Bertz CT molecular complexity index is 500. The molecule has 0 heterocycles. The molecule has 4 aliphatic rings. The van der Waals surface area contributed by atoms with Crippen LogP contribution in [0.4, 0.5) is 0 Å². The lowest BCUT2D eigenvalue weighted by Crippen LogP contribution is -2.53. The molecule has 8 atom stereocenters. The minimum atomic E-state index is -0.391. The fourth-order valence-electron chi connectivity index (χ4n) is 8.04. The van der Waals surface area contributed by atoms with Gasteiger partial charge in [-0.3, -0.25) is 4.79 Å². The minimum absolute atomic E-state index is 0.0598. The van der Waals surface area contributed by atoms with Crippen LogP contribution in [0.2, 0.25) is 0 Å². The molecule has 0 amide bonds. The molecule has 130 valence electrons. The van der Waals surface area contributed by atoms with Crippen molar-refractivity contribution in [3.63, 3.8) is 0 Å². The van der Waals surface area contributed by atoms with E-state index in [9.17, 15) is 9.90 Å². The van der Waals surface area contributed by atoms with Gasteiger partial charge >= 0.3 is 0 Å². The molecule has 23 heavy (non-hydrogen) atoms. The zero-order valence-corrected chi connectivity index (χ0v) is 15.2. The molecule has 4 aliphatic carbocycles. The Balaban J connectivity index is 1.66. The molecule has 0 aromatic carbocycles. The first-order valence-corrected chi connectivity index (χ1v) is 10.1. The summed E-state index contributed by atoms with van der Waals surface area (Å²) in [5.74, 6) is 3.23. The third kappa shape index (κ3) is 2.12. The zero-order valence-electron chi connectivity index (χ0n) is 15.2. The van der Waals surface area contributed by atoms with E-state index in [1.165, 1.54) is 44.9 Å². The van der Waals surface area contributed by atoms with Crippen molar-refractivity contribution < 1.29 is 9.90 Å². The largest absolute Gasteiger partial charge is 0.392 e. The summed E-state index contributed by atoms with van der Waals surface area (Å²) in [6.07, 6.45) is 11.4. The van der Waals surface area contributed by atoms with E-state index in [4.69, 9.17) is 0 Å². The Labute approximate surface area is 141 Å². The molecule has 0 radical (unpaired) electrons. The van der Waals surface area contributed by atoms with Crippen LogP contribution in [0.15, 0.2) is 0 Å². The number of hydrogen-bond donors (Lipinski definition) is 1. The van der Waals surface area contributed by atoms with Crippen LogP contribution in [-0.4, -0.2) is 17.0 Å². The van der Waals surface area contributed by atoms with Crippen molar-refractivity contribution in [2.75, 3.05) is 0 Å². The predicted molar refractivity (Wildman–Crippen MR) is 91.9 cm³/mol. The molecule has 0 spiro atoms. The van der Waals surface area contributed by atoms with Gasteiger partial charge in [0.2, 0.25) is 0 Å². The average molecular weight is 319 g/mol. The van der Waals surface area contributed by atoms with E-state index < -0.39 is 6.10 Å². The lowest BCUT2D eigenvalue weighted by atomic mass is 9.45. The van der Waals surface area contributed by atoms with Crippen LogP contribution in [0.5, 0.6) is 0 Å². The van der Waals surface area contributed by atoms with Crippen molar-refractivity contribution in [2.45, 2.75) is 84.7 Å². The molecule has 0 bridgehead atoms. The highest BCUT2D eigenvalue weighted by Crippen LogP contribution is 2.67. The van der Waals surface area contributed by atoms with Gasteiger partial charge in [0.25, 0.3) is 0 Å². The molecule has 4 rings (SSSR count). The molecule has 2 nitrogen and oxygen atoms in total. The van der Waals surface area contributed by atoms with Crippen LogP contribution >= 0.6 is 0 Å². The molecule has 4 saturated carbocycles. The number of rotatable bonds is 1. The van der Waals surface area contributed by atoms with Crippen molar-refractivity contribution in [3.8, 4) is 0 Å². The van der Waals surface area contributed by atoms with Crippen LogP contribution in [0.1, 0.15) is 78.6 Å². The Kier molecular flexibility index (Phi) is 3.72. The van der Waals surface area contributed by atoms with Gasteiger partial charge in [0.05, 0.1) is 6.10 Å². The van der Waals surface area contributed by atoms with Gasteiger partial charge < -0.3 is 5.11 Å². The molecular weight excluding hydrogens is 284 g/mol. The minimum Gasteiger partial charge on any atom is -0.392 e. The number of hydrogen-bond acceptors (Lipinski definition) is 2. The number of aliphatic hydroxyl groups excluding tert-OH is 1. The number of carbonyl (C=O) groups is 1. The van der Waals surface area contributed by atoms with Crippen molar-refractivity contribution in [1.29, 1.82) is 0 Å². The standard InChI is InChI=1S/C21H34O2/c1-13(22)19-18(23)12-17-15-8-7-14-6-4-5-10-20(14,2)16(15)9-11-21(17,19)3/h14-19,23H,4-12H2,1-3H3/t14-,15+,16-,17-,18+,19-,20-,21-/m0/s1. The first-order chi connectivity index (χ1) is 10.9. The summed E-state index contributed by atoms with van der Waals surface area (Å²) in [5.41, 5.74) is 0.603. The second-order valence-corrected chi connectivity index (χ2v) is 9.84. The maximum Gasteiger partial charge on any atom is 0.136 e. The lowest BCUT2D eigenvalue weighted by molar-refractivity contribution is -0.135. The Morgan fingerprint density at radius 3 is 2.48 bits per heavy atom. The van der Waals surface area contributed by atoms with E-state index in [1.807, 2.05) is 0 Å². The summed E-state index contributed by atoms with van der Waals surface area (Å²) in [5, 5.41) is 10.6. The molecule has 4 fully saturated rings. The van der Waals surface area contributed by atoms with E-state index in [-0.39, 0.29) is 17.1 Å². The summed E-state index contributed by atoms with van der Waals surface area (Å²) < 4.78 is 0. The first kappa shape index (κ1) is 16.1. The number of Topliss-reactive ketones (excluding diaryl/α,β-unsaturated/α-hetero) is 1. The Morgan fingerprint density at radius 2 is 1.74 bits per heavy atom. The number of fused-ring (bicyclic) bond motifs is 5. The molecular formula is C21H34O2. The van der Waals surface area contributed by atoms with Crippen LogP contribution in [-0.2, 0) is 4.79 Å². The van der Waals surface area contributed by atoms with Gasteiger partial charge in [0.1, 0.15) is 5.78 Å². The quantitative estimate of drug-likeness (QED) is 0.767. The third-order valence-electron chi connectivity index (χ3n) is 9.05. The molecule has 0 saturated heterocycles. The van der Waals surface area contributed by atoms with Crippen molar-refractivity contribution in [3.05, 3.63) is 0 Å². The topological polar surface area (TPSA) is 37.3 Å². The fourth-order valence-corrected chi connectivity index (χ4v) is 8.04. The number of aliphatic hydroxyl groups is 1. The van der Waals surface area contributed by atoms with Crippen LogP contribution < -0.4 is 0 Å². The van der Waals surface area contributed by atoms with E-state index in [1.54, 1.807) is 6.92 Å². The summed E-state index contributed by atoms with van der Waals surface area (Å²) in [6, 6.07) is 0. The number of carbonyl (C=O) groups excluding carboxylic acids is 1. The molecule has 0 aliphatic heterocycles. The van der Waals surface area contributed by atoms with Gasteiger partial charge in [-0.15, -0.1) is 0 Å². The fraction of sp³-hybridized carbons (Fsp3) is 0.952. The lowest BCUT2D eigenvalue weighted by Gasteiger charge is -2.60. The maximum atomic E-state index is 12.2. The smallest absolute Gasteiger partial charge is 0.136 e. The highest BCUT2D eigenvalue weighted by Gasteiger charge is 2.62. The van der Waals surface area contributed by atoms with Gasteiger partial charge in [-0.1, -0.05) is 26.7 Å². The van der Waals surface area contributed by atoms with Gasteiger partial charge in [0.15, 0.2) is 0 Å². The van der Waals surface area contributed by atoms with Gasteiger partial charge in [-0.25, -0.2) is 0 Å². The van der Waals surface area contributed by atoms with Crippen LogP contribution in [0, 0.1) is 40.4 Å². The van der Waals surface area contributed by atoms with Gasteiger partial charge in [0, 0.05) is 5.92 Å². The first-order valence-electron chi connectivity index (χ1n) is 10.1. The maximum absolute atomic E-state index is 12.2. The van der Waals surface area contributed by atoms with E-state index in [2.05, 4.69) is 13.8 Å². The highest BCUT2D eigenvalue weighted by molar-refractivity contribution is 5.80. The molecule has 1 N–H and O–H groups in total. The Morgan fingerprint density at radius 1 is 0.957 bits per heavy atom. The van der Waals surface area contributed by atoms with E-state index in [0.717, 1.165) is 30.6 Å². The second kappa shape index (κ2) is 5.31. The van der Waals surface area contributed by atoms with Crippen molar-refractivity contribution in [2.24, 2.45) is 40.4 Å². The average Bonchev–Trinajstić information content (AvgIpc) is 2.77.